The van der Waals surface area contributed by atoms with Crippen molar-refractivity contribution in [2.45, 2.75) is 6.42 Å². The highest BCUT2D eigenvalue weighted by molar-refractivity contribution is 6.18. The van der Waals surface area contributed by atoms with Crippen LogP contribution in [-0.2, 0) is 9.59 Å². The van der Waals surface area contributed by atoms with Gasteiger partial charge in [-0.2, -0.15) is 0 Å². The number of ketones is 1. The van der Waals surface area contributed by atoms with Crippen LogP contribution in [0.4, 0.5) is 0 Å². The Labute approximate surface area is 91.5 Å². The fraction of sp³-hybridized carbons (Fsp3) is 0.0909. The first-order valence-electron chi connectivity index (χ1n) is 4.66. The molecule has 0 N–H and O–H groups in total. The minimum atomic E-state index is -0.722. The molecule has 1 aliphatic rings. The number of carbonyl (C=O) groups excluding carboxylic acids is 2. The Morgan fingerprint density at radius 2 is 2.06 bits per heavy atom. The Kier molecular flexibility index (Phi) is 2.86. The maximum atomic E-state index is 11.6. The third kappa shape index (κ3) is 2.20. The van der Waals surface area contributed by atoms with Gasteiger partial charge in [0.25, 0.3) is 0 Å². The molecule has 0 radical (unpaired) electrons. The van der Waals surface area contributed by atoms with E-state index in [0.717, 1.165) is 0 Å². The zero-order valence-electron chi connectivity index (χ0n) is 8.29. The fourth-order valence-electron chi connectivity index (χ4n) is 1.20. The Morgan fingerprint density at radius 1 is 1.31 bits per heavy atom. The van der Waals surface area contributed by atoms with Crippen LogP contribution >= 0.6 is 0 Å². The number of hydrogen-bond acceptors (Lipinski definition) is 5. The molecule has 5 nitrogen and oxygen atoms in total. The van der Waals surface area contributed by atoms with Gasteiger partial charge in [0.15, 0.2) is 5.78 Å². The summed E-state index contributed by atoms with van der Waals surface area (Å²) in [6, 6.07) is 1.54. The highest BCUT2D eigenvalue weighted by atomic mass is 16.5. The third-order valence-electron chi connectivity index (χ3n) is 1.95. The molecule has 0 spiro atoms. The highest BCUT2D eigenvalue weighted by Crippen LogP contribution is 2.10. The van der Waals surface area contributed by atoms with Crippen LogP contribution in [0.5, 0.6) is 6.01 Å². The number of rotatable bonds is 2. The highest BCUT2D eigenvalue weighted by Gasteiger charge is 2.21. The number of ether oxygens (including phenoxy) is 1. The Balaban J connectivity index is 2.12. The largest absolute Gasteiger partial charge is 0.387 e. The molecule has 1 aliphatic carbocycles. The van der Waals surface area contributed by atoms with Gasteiger partial charge in [0.05, 0.1) is 0 Å². The molecule has 16 heavy (non-hydrogen) atoms. The van der Waals surface area contributed by atoms with E-state index in [-0.39, 0.29) is 23.8 Å². The predicted molar refractivity (Wildman–Crippen MR) is 54.5 cm³/mol. The molecule has 0 atom stereocenters. The fourth-order valence-corrected chi connectivity index (χ4v) is 1.20. The van der Waals surface area contributed by atoms with E-state index in [9.17, 15) is 9.59 Å². The number of aromatic nitrogens is 2. The van der Waals surface area contributed by atoms with Crippen molar-refractivity contribution in [3.8, 4) is 6.01 Å². The summed E-state index contributed by atoms with van der Waals surface area (Å²) in [5.41, 5.74) is 0.0231. The molecule has 0 unspecified atom stereocenters. The second kappa shape index (κ2) is 4.48. The SMILES string of the molecule is O=C1CC=CC=C1C(=O)Oc1ncccn1. The normalized spacial score (nSPS) is 14.5. The summed E-state index contributed by atoms with van der Waals surface area (Å²) in [6.45, 7) is 0. The second-order valence-corrected chi connectivity index (χ2v) is 3.06. The number of carbonyl (C=O) groups is 2. The summed E-state index contributed by atoms with van der Waals surface area (Å²) in [7, 11) is 0. The minimum absolute atomic E-state index is 0.0231. The van der Waals surface area contributed by atoms with Crippen LogP contribution in [0.3, 0.4) is 0 Å². The molecule has 0 bridgehead atoms. The molecule has 1 heterocycles. The van der Waals surface area contributed by atoms with Crippen molar-refractivity contribution in [2.75, 3.05) is 0 Å². The van der Waals surface area contributed by atoms with E-state index < -0.39 is 5.97 Å². The van der Waals surface area contributed by atoms with Crippen molar-refractivity contribution >= 4 is 11.8 Å². The van der Waals surface area contributed by atoms with Gasteiger partial charge in [-0.3, -0.25) is 4.79 Å². The number of nitrogens with zero attached hydrogens (tertiary/aromatic N) is 2. The molecular formula is C11H8N2O3. The lowest BCUT2D eigenvalue weighted by molar-refractivity contribution is -0.132. The Hall–Kier alpha value is -2.30. The average Bonchev–Trinajstić information content (AvgIpc) is 2.31. The van der Waals surface area contributed by atoms with Gasteiger partial charge < -0.3 is 4.74 Å². The first kappa shape index (κ1) is 10.2. The van der Waals surface area contributed by atoms with Gasteiger partial charge in [-0.1, -0.05) is 12.2 Å². The van der Waals surface area contributed by atoms with E-state index in [0.29, 0.717) is 0 Å². The van der Waals surface area contributed by atoms with Crippen LogP contribution in [0, 0.1) is 0 Å². The maximum Gasteiger partial charge on any atom is 0.349 e. The molecule has 80 valence electrons. The molecule has 0 aromatic carbocycles. The first-order chi connectivity index (χ1) is 7.77. The molecule has 0 saturated heterocycles. The van der Waals surface area contributed by atoms with Crippen molar-refractivity contribution in [3.05, 3.63) is 42.3 Å². The molecule has 0 fully saturated rings. The zero-order valence-corrected chi connectivity index (χ0v) is 8.29. The maximum absolute atomic E-state index is 11.6. The van der Waals surface area contributed by atoms with Gasteiger partial charge in [0.1, 0.15) is 5.57 Å². The number of esters is 1. The van der Waals surface area contributed by atoms with Gasteiger partial charge in [-0.15, -0.1) is 0 Å². The molecule has 0 amide bonds. The molecule has 0 aliphatic heterocycles. The minimum Gasteiger partial charge on any atom is -0.387 e. The van der Waals surface area contributed by atoms with Crippen LogP contribution in [0.1, 0.15) is 6.42 Å². The lowest BCUT2D eigenvalue weighted by Crippen LogP contribution is -2.20. The van der Waals surface area contributed by atoms with Crippen LogP contribution in [0.15, 0.2) is 42.3 Å². The smallest absolute Gasteiger partial charge is 0.349 e. The van der Waals surface area contributed by atoms with E-state index in [1.807, 2.05) is 0 Å². The monoisotopic (exact) mass is 216 g/mol. The van der Waals surface area contributed by atoms with Gasteiger partial charge in [0.2, 0.25) is 0 Å². The van der Waals surface area contributed by atoms with E-state index >= 15 is 0 Å². The summed E-state index contributed by atoms with van der Waals surface area (Å²) in [5, 5.41) is 0. The number of Topliss-reactive ketones (excluding diaryl/α,β-unsaturated/α-hetero) is 1. The molecule has 0 saturated carbocycles. The van der Waals surface area contributed by atoms with Crippen molar-refractivity contribution in [2.24, 2.45) is 0 Å². The van der Waals surface area contributed by atoms with Crippen LogP contribution in [-0.4, -0.2) is 21.7 Å². The van der Waals surface area contributed by atoms with Gasteiger partial charge in [-0.05, 0) is 12.1 Å². The van der Waals surface area contributed by atoms with E-state index in [2.05, 4.69) is 9.97 Å². The first-order valence-corrected chi connectivity index (χ1v) is 4.66. The summed E-state index contributed by atoms with van der Waals surface area (Å²) in [5.74, 6) is -0.982. The lowest BCUT2D eigenvalue weighted by Gasteiger charge is -2.06. The quantitative estimate of drug-likeness (QED) is 0.541. The lowest BCUT2D eigenvalue weighted by atomic mass is 10.0. The second-order valence-electron chi connectivity index (χ2n) is 3.06. The van der Waals surface area contributed by atoms with Crippen LogP contribution in [0.2, 0.25) is 0 Å². The zero-order chi connectivity index (χ0) is 11.4. The number of hydrogen-bond donors (Lipinski definition) is 0. The Bertz CT molecular complexity index is 477. The van der Waals surface area contributed by atoms with Crippen molar-refractivity contribution in [1.29, 1.82) is 0 Å². The summed E-state index contributed by atoms with van der Waals surface area (Å²) in [4.78, 5) is 30.4. The summed E-state index contributed by atoms with van der Waals surface area (Å²) < 4.78 is 4.84. The molecule has 5 heteroatoms. The van der Waals surface area contributed by atoms with Gasteiger partial charge >= 0.3 is 12.0 Å². The molecular weight excluding hydrogens is 208 g/mol. The van der Waals surface area contributed by atoms with E-state index in [1.54, 1.807) is 18.2 Å². The molecule has 2 rings (SSSR count). The Morgan fingerprint density at radius 3 is 2.75 bits per heavy atom. The average molecular weight is 216 g/mol. The van der Waals surface area contributed by atoms with Gasteiger partial charge in [0, 0.05) is 18.8 Å². The third-order valence-corrected chi connectivity index (χ3v) is 1.95. The van der Waals surface area contributed by atoms with Crippen molar-refractivity contribution in [3.63, 3.8) is 0 Å². The topological polar surface area (TPSA) is 69.2 Å². The van der Waals surface area contributed by atoms with E-state index in [1.165, 1.54) is 18.5 Å². The van der Waals surface area contributed by atoms with Gasteiger partial charge in [-0.25, -0.2) is 14.8 Å². The van der Waals surface area contributed by atoms with E-state index in [4.69, 9.17) is 4.74 Å². The predicted octanol–water partition coefficient (Wildman–Crippen LogP) is 0.837. The summed E-state index contributed by atoms with van der Waals surface area (Å²) in [6.07, 6.45) is 7.87. The molecule has 1 aromatic heterocycles. The van der Waals surface area contributed by atoms with Crippen LogP contribution < -0.4 is 4.74 Å². The standard InChI is InChI=1S/C11H8N2O3/c14-9-5-2-1-4-8(9)10(15)16-11-12-6-3-7-13-11/h1-4,6-7H,5H2. The van der Waals surface area contributed by atoms with Crippen molar-refractivity contribution in [1.82, 2.24) is 9.97 Å². The van der Waals surface area contributed by atoms with Crippen molar-refractivity contribution < 1.29 is 14.3 Å². The summed E-state index contributed by atoms with van der Waals surface area (Å²) >= 11 is 0. The molecule has 1 aromatic rings. The number of allylic oxidation sites excluding steroid dienone is 3. The van der Waals surface area contributed by atoms with Crippen LogP contribution in [0.25, 0.3) is 0 Å².